The van der Waals surface area contributed by atoms with Crippen molar-refractivity contribution < 1.29 is 19.4 Å². The van der Waals surface area contributed by atoms with E-state index >= 15 is 0 Å². The first-order valence-corrected chi connectivity index (χ1v) is 7.37. The van der Waals surface area contributed by atoms with Crippen molar-refractivity contribution in [2.24, 2.45) is 11.3 Å². The number of carbonyl (C=O) groups excluding carboxylic acids is 1. The largest absolute Gasteiger partial charge is 0.480 e. The van der Waals surface area contributed by atoms with Gasteiger partial charge in [0.1, 0.15) is 6.61 Å². The van der Waals surface area contributed by atoms with Gasteiger partial charge in [-0.2, -0.15) is 0 Å². The molecule has 0 saturated heterocycles. The molecule has 0 aliphatic heterocycles. The van der Waals surface area contributed by atoms with Crippen molar-refractivity contribution >= 4 is 11.9 Å². The van der Waals surface area contributed by atoms with Gasteiger partial charge in [-0.3, -0.25) is 9.59 Å². The second-order valence-electron chi connectivity index (χ2n) is 5.80. The van der Waals surface area contributed by atoms with Gasteiger partial charge in [0, 0.05) is 0 Å². The predicted molar refractivity (Wildman–Crippen MR) is 80.7 cm³/mol. The van der Waals surface area contributed by atoms with E-state index < -0.39 is 17.4 Å². The third kappa shape index (κ3) is 4.59. The van der Waals surface area contributed by atoms with Crippen LogP contribution in [0.25, 0.3) is 0 Å². The number of carboxylic acid groups (broad SMARTS) is 1. The second-order valence-corrected chi connectivity index (χ2v) is 5.80. The van der Waals surface area contributed by atoms with Crippen LogP contribution in [-0.4, -0.2) is 17.0 Å². The number of carboxylic acids is 1. The third-order valence-corrected chi connectivity index (χ3v) is 3.45. The van der Waals surface area contributed by atoms with Gasteiger partial charge in [-0.15, -0.1) is 0 Å². The fourth-order valence-electron chi connectivity index (χ4n) is 2.55. The lowest BCUT2D eigenvalue weighted by atomic mass is 9.76. The Hall–Kier alpha value is -1.84. The number of hydrogen-bond donors (Lipinski definition) is 1. The molecule has 0 spiro atoms. The van der Waals surface area contributed by atoms with Gasteiger partial charge in [-0.1, -0.05) is 57.5 Å². The van der Waals surface area contributed by atoms with Crippen molar-refractivity contribution in [3.8, 4) is 0 Å². The number of aliphatic carboxylic acids is 1. The Bertz CT molecular complexity index is 467. The maximum atomic E-state index is 12.4. The van der Waals surface area contributed by atoms with Crippen LogP contribution in [0.2, 0.25) is 0 Å². The Kier molecular flexibility index (Phi) is 6.40. The highest BCUT2D eigenvalue weighted by Gasteiger charge is 2.47. The van der Waals surface area contributed by atoms with E-state index in [0.29, 0.717) is 19.3 Å². The molecule has 0 saturated carbocycles. The summed E-state index contributed by atoms with van der Waals surface area (Å²) in [7, 11) is 0. The van der Waals surface area contributed by atoms with Gasteiger partial charge in [0.15, 0.2) is 5.41 Å². The molecule has 0 radical (unpaired) electrons. The second kappa shape index (κ2) is 7.81. The van der Waals surface area contributed by atoms with E-state index in [-0.39, 0.29) is 12.5 Å². The molecule has 116 valence electrons. The Balaban J connectivity index is 2.86. The number of carbonyl (C=O) groups is 2. The average molecular weight is 292 g/mol. The molecule has 0 fully saturated rings. The van der Waals surface area contributed by atoms with Crippen LogP contribution < -0.4 is 0 Å². The van der Waals surface area contributed by atoms with E-state index in [9.17, 15) is 14.7 Å². The smallest absolute Gasteiger partial charge is 0.323 e. The molecule has 1 unspecified atom stereocenters. The number of hydrogen-bond acceptors (Lipinski definition) is 3. The van der Waals surface area contributed by atoms with Crippen LogP contribution >= 0.6 is 0 Å². The molecule has 1 aromatic carbocycles. The van der Waals surface area contributed by atoms with Gasteiger partial charge in [-0.25, -0.2) is 0 Å². The predicted octanol–water partition coefficient (Wildman–Crippen LogP) is 3.65. The maximum Gasteiger partial charge on any atom is 0.323 e. The van der Waals surface area contributed by atoms with Crippen molar-refractivity contribution in [2.45, 2.75) is 46.6 Å². The first kappa shape index (κ1) is 17.2. The molecule has 0 aliphatic rings. The SMILES string of the molecule is CCCC(CC(C)C)(C(=O)O)C(=O)OCc1ccccc1. The van der Waals surface area contributed by atoms with Crippen molar-refractivity contribution in [3.05, 3.63) is 35.9 Å². The molecule has 0 aromatic heterocycles. The van der Waals surface area contributed by atoms with Gasteiger partial charge in [-0.05, 0) is 24.3 Å². The summed E-state index contributed by atoms with van der Waals surface area (Å²) in [5.74, 6) is -1.61. The molecule has 1 aromatic rings. The molecule has 4 nitrogen and oxygen atoms in total. The monoisotopic (exact) mass is 292 g/mol. The molecule has 1 atom stereocenters. The zero-order valence-electron chi connectivity index (χ0n) is 13.0. The highest BCUT2D eigenvalue weighted by molar-refractivity contribution is 5.99. The normalized spacial score (nSPS) is 13.7. The summed E-state index contributed by atoms with van der Waals surface area (Å²) in [4.78, 5) is 24.1. The first-order chi connectivity index (χ1) is 9.92. The number of rotatable bonds is 8. The molecule has 0 aliphatic carbocycles. The molecular weight excluding hydrogens is 268 g/mol. The van der Waals surface area contributed by atoms with Gasteiger partial charge < -0.3 is 9.84 Å². The van der Waals surface area contributed by atoms with Crippen LogP contribution in [0.1, 0.15) is 45.6 Å². The van der Waals surface area contributed by atoms with Crippen molar-refractivity contribution in [3.63, 3.8) is 0 Å². The molecule has 0 heterocycles. The maximum absolute atomic E-state index is 12.4. The van der Waals surface area contributed by atoms with E-state index in [1.54, 1.807) is 0 Å². The van der Waals surface area contributed by atoms with Crippen LogP contribution in [0.5, 0.6) is 0 Å². The number of benzene rings is 1. The third-order valence-electron chi connectivity index (χ3n) is 3.45. The summed E-state index contributed by atoms with van der Waals surface area (Å²) in [5, 5.41) is 9.57. The Labute approximate surface area is 126 Å². The van der Waals surface area contributed by atoms with Gasteiger partial charge >= 0.3 is 11.9 Å². The molecule has 1 rings (SSSR count). The topological polar surface area (TPSA) is 63.6 Å². The van der Waals surface area contributed by atoms with Crippen LogP contribution in [0, 0.1) is 11.3 Å². The molecule has 21 heavy (non-hydrogen) atoms. The molecule has 0 amide bonds. The van der Waals surface area contributed by atoms with Crippen molar-refractivity contribution in [1.82, 2.24) is 0 Å². The minimum absolute atomic E-state index is 0.108. The minimum Gasteiger partial charge on any atom is -0.480 e. The summed E-state index contributed by atoms with van der Waals surface area (Å²) < 4.78 is 5.29. The van der Waals surface area contributed by atoms with Gasteiger partial charge in [0.2, 0.25) is 0 Å². The highest BCUT2D eigenvalue weighted by atomic mass is 16.5. The van der Waals surface area contributed by atoms with Crippen molar-refractivity contribution in [1.29, 1.82) is 0 Å². The van der Waals surface area contributed by atoms with E-state index in [0.717, 1.165) is 5.56 Å². The molecule has 0 bridgehead atoms. The van der Waals surface area contributed by atoms with Gasteiger partial charge in [0.25, 0.3) is 0 Å². The highest BCUT2D eigenvalue weighted by Crippen LogP contribution is 2.34. The average Bonchev–Trinajstić information content (AvgIpc) is 2.44. The summed E-state index contributed by atoms with van der Waals surface area (Å²) in [6, 6.07) is 9.28. The van der Waals surface area contributed by atoms with E-state index in [4.69, 9.17) is 4.74 Å². The van der Waals surface area contributed by atoms with E-state index in [1.165, 1.54) is 0 Å². The summed E-state index contributed by atoms with van der Waals surface area (Å²) in [6.07, 6.45) is 1.22. The fourth-order valence-corrected chi connectivity index (χ4v) is 2.55. The molecular formula is C17H24O4. The number of esters is 1. The summed E-state index contributed by atoms with van der Waals surface area (Å²) in [6.45, 7) is 5.81. The summed E-state index contributed by atoms with van der Waals surface area (Å²) >= 11 is 0. The van der Waals surface area contributed by atoms with Gasteiger partial charge in [0.05, 0.1) is 0 Å². The molecule has 1 N–H and O–H groups in total. The number of ether oxygens (including phenoxy) is 1. The van der Waals surface area contributed by atoms with Crippen LogP contribution in [0.3, 0.4) is 0 Å². The van der Waals surface area contributed by atoms with Crippen LogP contribution in [0.15, 0.2) is 30.3 Å². The lowest BCUT2D eigenvalue weighted by Gasteiger charge is -2.28. The molecule has 4 heteroatoms. The van der Waals surface area contributed by atoms with Crippen molar-refractivity contribution in [2.75, 3.05) is 0 Å². The van der Waals surface area contributed by atoms with Crippen LogP contribution in [0.4, 0.5) is 0 Å². The Morgan fingerprint density at radius 2 is 1.86 bits per heavy atom. The lowest BCUT2D eigenvalue weighted by Crippen LogP contribution is -2.41. The Morgan fingerprint density at radius 3 is 2.33 bits per heavy atom. The zero-order chi connectivity index (χ0) is 15.9. The first-order valence-electron chi connectivity index (χ1n) is 7.37. The van der Waals surface area contributed by atoms with E-state index in [2.05, 4.69) is 0 Å². The zero-order valence-corrected chi connectivity index (χ0v) is 13.0. The summed E-state index contributed by atoms with van der Waals surface area (Å²) in [5.41, 5.74) is -0.580. The Morgan fingerprint density at radius 1 is 1.24 bits per heavy atom. The fraction of sp³-hybridized carbons (Fsp3) is 0.529. The lowest BCUT2D eigenvalue weighted by molar-refractivity contribution is -0.172. The standard InChI is InChI=1S/C17H24O4/c1-4-10-17(15(18)19,11-13(2)3)16(20)21-12-14-8-6-5-7-9-14/h5-9,13H,4,10-12H2,1-3H3,(H,18,19). The quantitative estimate of drug-likeness (QED) is 0.587. The minimum atomic E-state index is -1.43. The van der Waals surface area contributed by atoms with E-state index in [1.807, 2.05) is 51.1 Å². The van der Waals surface area contributed by atoms with Crippen LogP contribution in [-0.2, 0) is 20.9 Å².